The van der Waals surface area contributed by atoms with Gasteiger partial charge in [-0.1, -0.05) is 37.6 Å². The van der Waals surface area contributed by atoms with Gasteiger partial charge in [0.1, 0.15) is 11.6 Å². The van der Waals surface area contributed by atoms with E-state index in [4.69, 9.17) is 22.1 Å². The van der Waals surface area contributed by atoms with Gasteiger partial charge >= 0.3 is 0 Å². The number of benzene rings is 1. The fourth-order valence-corrected chi connectivity index (χ4v) is 4.43. The average molecular weight is 394 g/mol. The number of amides is 2. The number of carbonyl (C=O) groups is 2. The van der Waals surface area contributed by atoms with Crippen LogP contribution in [0.5, 0.6) is 0 Å². The lowest BCUT2D eigenvalue weighted by atomic mass is 9.54. The maximum absolute atomic E-state index is 13.2. The Hall–Kier alpha value is -1.63. The Morgan fingerprint density at radius 2 is 2.07 bits per heavy atom. The molecule has 2 N–H and O–H groups in total. The SMILES string of the molecule is CCOC1CC(N)(C(=O)N(C)C2CCN(c3ccccc3Cl)C2=O)C1(C)C. The van der Waals surface area contributed by atoms with Crippen molar-refractivity contribution in [2.24, 2.45) is 11.1 Å². The maximum atomic E-state index is 13.2. The monoisotopic (exact) mass is 393 g/mol. The van der Waals surface area contributed by atoms with Gasteiger partial charge in [0, 0.05) is 32.0 Å². The molecular formula is C20H28ClN3O3. The van der Waals surface area contributed by atoms with Gasteiger partial charge in [0.05, 0.1) is 16.8 Å². The third-order valence-electron chi connectivity index (χ3n) is 6.32. The van der Waals surface area contributed by atoms with Crippen LogP contribution in [-0.2, 0) is 14.3 Å². The average Bonchev–Trinajstić information content (AvgIpc) is 3.01. The third-order valence-corrected chi connectivity index (χ3v) is 6.64. The van der Waals surface area contributed by atoms with Gasteiger partial charge in [-0.3, -0.25) is 9.59 Å². The number of likely N-dealkylation sites (N-methyl/N-ethyl adjacent to an activating group) is 1. The summed E-state index contributed by atoms with van der Waals surface area (Å²) in [6.07, 6.45) is 0.966. The number of nitrogens with two attached hydrogens (primary N) is 1. The van der Waals surface area contributed by atoms with Crippen molar-refractivity contribution in [2.75, 3.05) is 25.1 Å². The summed E-state index contributed by atoms with van der Waals surface area (Å²) in [4.78, 5) is 29.3. The molecule has 27 heavy (non-hydrogen) atoms. The van der Waals surface area contributed by atoms with E-state index in [2.05, 4.69) is 0 Å². The molecule has 1 aromatic rings. The van der Waals surface area contributed by atoms with Gasteiger partial charge in [-0.05, 0) is 25.5 Å². The lowest BCUT2D eigenvalue weighted by Gasteiger charge is -2.58. The molecule has 1 saturated heterocycles. The zero-order valence-electron chi connectivity index (χ0n) is 16.4. The van der Waals surface area contributed by atoms with E-state index in [-0.39, 0.29) is 17.9 Å². The summed E-state index contributed by atoms with van der Waals surface area (Å²) < 4.78 is 5.71. The quantitative estimate of drug-likeness (QED) is 0.833. The van der Waals surface area contributed by atoms with Crippen molar-refractivity contribution in [3.63, 3.8) is 0 Å². The Kier molecular flexibility index (Phi) is 5.27. The first-order valence-corrected chi connectivity index (χ1v) is 9.76. The van der Waals surface area contributed by atoms with E-state index in [0.29, 0.717) is 36.7 Å². The number of rotatable bonds is 5. The maximum Gasteiger partial charge on any atom is 0.249 e. The van der Waals surface area contributed by atoms with Crippen LogP contribution < -0.4 is 10.6 Å². The van der Waals surface area contributed by atoms with Gasteiger partial charge in [-0.25, -0.2) is 0 Å². The second-order valence-electron chi connectivity index (χ2n) is 8.00. The second-order valence-corrected chi connectivity index (χ2v) is 8.41. The van der Waals surface area contributed by atoms with Crippen LogP contribution in [0.2, 0.25) is 5.02 Å². The topological polar surface area (TPSA) is 75.9 Å². The number of para-hydroxylation sites is 1. The Morgan fingerprint density at radius 1 is 1.41 bits per heavy atom. The summed E-state index contributed by atoms with van der Waals surface area (Å²) in [7, 11) is 1.67. The van der Waals surface area contributed by atoms with Crippen molar-refractivity contribution in [1.82, 2.24) is 4.90 Å². The molecule has 6 nitrogen and oxygen atoms in total. The van der Waals surface area contributed by atoms with Crippen molar-refractivity contribution >= 4 is 29.1 Å². The van der Waals surface area contributed by atoms with E-state index in [1.807, 2.05) is 39.0 Å². The predicted molar refractivity (Wildman–Crippen MR) is 106 cm³/mol. The van der Waals surface area contributed by atoms with Gasteiger partial charge in [0.2, 0.25) is 11.8 Å². The van der Waals surface area contributed by atoms with Gasteiger partial charge in [0.15, 0.2) is 0 Å². The summed E-state index contributed by atoms with van der Waals surface area (Å²) in [5.41, 5.74) is 5.67. The predicted octanol–water partition coefficient (Wildman–Crippen LogP) is 2.44. The normalized spacial score (nSPS) is 29.6. The van der Waals surface area contributed by atoms with Gasteiger partial charge in [0.25, 0.3) is 0 Å². The van der Waals surface area contributed by atoms with Gasteiger partial charge < -0.3 is 20.3 Å². The van der Waals surface area contributed by atoms with Crippen LogP contribution in [0.15, 0.2) is 24.3 Å². The summed E-state index contributed by atoms with van der Waals surface area (Å²) in [6.45, 7) is 6.95. The highest BCUT2D eigenvalue weighted by Gasteiger charge is 2.64. The molecular weight excluding hydrogens is 366 g/mol. The highest BCUT2D eigenvalue weighted by Crippen LogP contribution is 2.50. The molecule has 2 aliphatic rings. The van der Waals surface area contributed by atoms with E-state index in [1.165, 1.54) is 4.90 Å². The molecule has 2 fully saturated rings. The molecule has 1 aliphatic heterocycles. The van der Waals surface area contributed by atoms with Crippen LogP contribution in [0.25, 0.3) is 0 Å². The molecule has 3 unspecified atom stereocenters. The molecule has 0 spiro atoms. The fraction of sp³-hybridized carbons (Fsp3) is 0.600. The summed E-state index contributed by atoms with van der Waals surface area (Å²) in [5.74, 6) is -0.330. The number of nitrogens with zero attached hydrogens (tertiary/aromatic N) is 2. The van der Waals surface area contributed by atoms with Crippen LogP contribution in [0.1, 0.15) is 33.6 Å². The standard InChI is InChI=1S/C20H28ClN3O3/c1-5-27-16-12-20(22,19(16,2)3)18(26)23(4)15-10-11-24(17(15)25)14-9-7-6-8-13(14)21/h6-9,15-16H,5,10-12,22H2,1-4H3. The van der Waals surface area contributed by atoms with Crippen molar-refractivity contribution < 1.29 is 14.3 Å². The largest absolute Gasteiger partial charge is 0.378 e. The first-order chi connectivity index (χ1) is 12.6. The molecule has 3 atom stereocenters. The smallest absolute Gasteiger partial charge is 0.249 e. The minimum Gasteiger partial charge on any atom is -0.378 e. The lowest BCUT2D eigenvalue weighted by molar-refractivity contribution is -0.180. The van der Waals surface area contributed by atoms with Crippen molar-refractivity contribution in [2.45, 2.75) is 51.3 Å². The van der Waals surface area contributed by atoms with Crippen LogP contribution in [0, 0.1) is 5.41 Å². The number of hydrogen-bond acceptors (Lipinski definition) is 4. The molecule has 0 radical (unpaired) electrons. The van der Waals surface area contributed by atoms with E-state index in [9.17, 15) is 9.59 Å². The number of halogens is 1. The molecule has 1 saturated carbocycles. The number of carbonyl (C=O) groups excluding carboxylic acids is 2. The minimum absolute atomic E-state index is 0.0521. The first-order valence-electron chi connectivity index (χ1n) is 9.38. The summed E-state index contributed by atoms with van der Waals surface area (Å²) in [6, 6.07) is 6.71. The summed E-state index contributed by atoms with van der Waals surface area (Å²) in [5, 5.41) is 0.524. The molecule has 7 heteroatoms. The Bertz CT molecular complexity index is 754. The molecule has 148 valence electrons. The van der Waals surface area contributed by atoms with E-state index < -0.39 is 17.0 Å². The molecule has 1 aromatic carbocycles. The minimum atomic E-state index is -1.03. The Labute approximate surface area is 165 Å². The highest BCUT2D eigenvalue weighted by atomic mass is 35.5. The van der Waals surface area contributed by atoms with Crippen molar-refractivity contribution in [3.8, 4) is 0 Å². The summed E-state index contributed by atoms with van der Waals surface area (Å²) >= 11 is 6.24. The first kappa shape index (κ1) is 20.1. The highest BCUT2D eigenvalue weighted by molar-refractivity contribution is 6.34. The number of ether oxygens (including phenoxy) is 1. The second kappa shape index (κ2) is 7.08. The van der Waals surface area contributed by atoms with Gasteiger partial charge in [-0.2, -0.15) is 0 Å². The zero-order chi connectivity index (χ0) is 20.0. The van der Waals surface area contributed by atoms with Crippen molar-refractivity contribution in [1.29, 1.82) is 0 Å². The number of hydrogen-bond donors (Lipinski definition) is 1. The van der Waals surface area contributed by atoms with Gasteiger partial charge in [-0.15, -0.1) is 0 Å². The Morgan fingerprint density at radius 3 is 2.67 bits per heavy atom. The molecule has 1 aliphatic carbocycles. The van der Waals surface area contributed by atoms with Crippen LogP contribution >= 0.6 is 11.6 Å². The van der Waals surface area contributed by atoms with E-state index >= 15 is 0 Å². The van der Waals surface area contributed by atoms with Crippen LogP contribution in [0.3, 0.4) is 0 Å². The zero-order valence-corrected chi connectivity index (χ0v) is 17.1. The van der Waals surface area contributed by atoms with E-state index in [0.717, 1.165) is 0 Å². The lowest BCUT2D eigenvalue weighted by Crippen LogP contribution is -2.76. The number of anilines is 1. The Balaban J connectivity index is 1.75. The third kappa shape index (κ3) is 3.04. The molecule has 0 bridgehead atoms. The molecule has 2 amide bonds. The molecule has 3 rings (SSSR count). The molecule has 1 heterocycles. The van der Waals surface area contributed by atoms with E-state index in [1.54, 1.807) is 18.0 Å². The van der Waals surface area contributed by atoms with Crippen LogP contribution in [-0.4, -0.2) is 54.6 Å². The molecule has 0 aromatic heterocycles. The van der Waals surface area contributed by atoms with Crippen LogP contribution in [0.4, 0.5) is 5.69 Å². The van der Waals surface area contributed by atoms with Crippen molar-refractivity contribution in [3.05, 3.63) is 29.3 Å². The fourth-order valence-electron chi connectivity index (χ4n) is 4.19.